The van der Waals surface area contributed by atoms with E-state index in [4.69, 9.17) is 0 Å². The van der Waals surface area contributed by atoms with E-state index in [9.17, 15) is 15.0 Å². The van der Waals surface area contributed by atoms with Crippen LogP contribution in [0.25, 0.3) is 0 Å². The maximum absolute atomic E-state index is 12.3. The average molecular weight is 690 g/mol. The highest BCUT2D eigenvalue weighted by atomic mass is 16.3. The van der Waals surface area contributed by atoms with Gasteiger partial charge in [0, 0.05) is 6.42 Å². The molecule has 0 aromatic carbocycles. The van der Waals surface area contributed by atoms with Crippen molar-refractivity contribution in [2.45, 2.75) is 251 Å². The van der Waals surface area contributed by atoms with Crippen molar-refractivity contribution < 1.29 is 15.0 Å². The number of carbonyl (C=O) groups excluding carboxylic acids is 1. The van der Waals surface area contributed by atoms with Gasteiger partial charge >= 0.3 is 0 Å². The lowest BCUT2D eigenvalue weighted by molar-refractivity contribution is -0.123. The molecule has 0 fully saturated rings. The number of amides is 1. The Hall–Kier alpha value is -1.13. The van der Waals surface area contributed by atoms with Gasteiger partial charge in [-0.1, -0.05) is 212 Å². The number of carbonyl (C=O) groups is 1. The van der Waals surface area contributed by atoms with Crippen molar-refractivity contribution in [1.29, 1.82) is 0 Å². The Balaban J connectivity index is 3.46. The Morgan fingerprint density at radius 1 is 0.469 bits per heavy atom. The van der Waals surface area contributed by atoms with E-state index in [-0.39, 0.29) is 12.5 Å². The average Bonchev–Trinajstić information content (AvgIpc) is 3.10. The maximum atomic E-state index is 12.3. The van der Waals surface area contributed by atoms with Gasteiger partial charge in [-0.2, -0.15) is 0 Å². The molecule has 0 aromatic heterocycles. The SMILES string of the molecule is CCCCCCCCCC/C=C/C(O)C(CO)NC(=O)CCCCCCCCCCCCC/C=C\CCCCCCCCCCCCCC. The number of nitrogens with one attached hydrogen (secondary N) is 1. The van der Waals surface area contributed by atoms with Crippen LogP contribution in [0.15, 0.2) is 24.3 Å². The van der Waals surface area contributed by atoms with Gasteiger partial charge in [-0.25, -0.2) is 0 Å². The molecule has 0 aliphatic rings. The van der Waals surface area contributed by atoms with E-state index in [1.54, 1.807) is 6.08 Å². The van der Waals surface area contributed by atoms with Gasteiger partial charge in [0.15, 0.2) is 0 Å². The summed E-state index contributed by atoms with van der Waals surface area (Å²) in [6, 6.07) is -0.618. The van der Waals surface area contributed by atoms with Crippen LogP contribution >= 0.6 is 0 Å². The van der Waals surface area contributed by atoms with Gasteiger partial charge in [-0.05, 0) is 44.9 Å². The lowest BCUT2D eigenvalue weighted by Crippen LogP contribution is -2.45. The molecule has 0 bridgehead atoms. The van der Waals surface area contributed by atoms with Crippen molar-refractivity contribution in [2.75, 3.05) is 6.61 Å². The Kier molecular flexibility index (Phi) is 40.3. The molecule has 2 unspecified atom stereocenters. The molecule has 0 radical (unpaired) electrons. The van der Waals surface area contributed by atoms with Crippen molar-refractivity contribution in [3.63, 3.8) is 0 Å². The quantitative estimate of drug-likeness (QED) is 0.0443. The van der Waals surface area contributed by atoms with Crippen LogP contribution in [0.3, 0.4) is 0 Å². The number of hydrogen-bond donors (Lipinski definition) is 3. The summed E-state index contributed by atoms with van der Waals surface area (Å²) in [5.74, 6) is -0.0651. The molecule has 0 heterocycles. The van der Waals surface area contributed by atoms with Gasteiger partial charge in [-0.15, -0.1) is 0 Å². The Morgan fingerprint density at radius 2 is 0.776 bits per heavy atom. The first kappa shape index (κ1) is 47.9. The number of unbranched alkanes of at least 4 members (excludes halogenated alkanes) is 31. The molecule has 0 saturated carbocycles. The molecule has 4 nitrogen and oxygen atoms in total. The molecule has 1 amide bonds. The smallest absolute Gasteiger partial charge is 0.220 e. The first-order valence-corrected chi connectivity index (χ1v) is 22.1. The zero-order valence-electron chi connectivity index (χ0n) is 33.2. The van der Waals surface area contributed by atoms with Gasteiger partial charge in [-0.3, -0.25) is 4.79 Å². The van der Waals surface area contributed by atoms with Gasteiger partial charge in [0.1, 0.15) is 0 Å². The van der Waals surface area contributed by atoms with Crippen LogP contribution in [0.4, 0.5) is 0 Å². The molecule has 3 N–H and O–H groups in total. The highest BCUT2D eigenvalue weighted by Crippen LogP contribution is 2.15. The van der Waals surface area contributed by atoms with Crippen molar-refractivity contribution in [2.24, 2.45) is 0 Å². The minimum Gasteiger partial charge on any atom is -0.394 e. The van der Waals surface area contributed by atoms with Crippen molar-refractivity contribution in [3.8, 4) is 0 Å². The van der Waals surface area contributed by atoms with Gasteiger partial charge in [0.25, 0.3) is 0 Å². The molecular formula is C45H87NO3. The van der Waals surface area contributed by atoms with E-state index in [0.29, 0.717) is 6.42 Å². The largest absolute Gasteiger partial charge is 0.394 e. The highest BCUT2D eigenvalue weighted by Gasteiger charge is 2.17. The predicted molar refractivity (Wildman–Crippen MR) is 216 cm³/mol. The van der Waals surface area contributed by atoms with Crippen molar-refractivity contribution >= 4 is 5.91 Å². The lowest BCUT2D eigenvalue weighted by Gasteiger charge is -2.20. The molecule has 0 aliphatic heterocycles. The zero-order valence-corrected chi connectivity index (χ0v) is 33.2. The van der Waals surface area contributed by atoms with Gasteiger partial charge in [0.2, 0.25) is 5.91 Å². The van der Waals surface area contributed by atoms with E-state index in [1.165, 1.54) is 193 Å². The topological polar surface area (TPSA) is 69.6 Å². The summed E-state index contributed by atoms with van der Waals surface area (Å²) in [6.07, 6.45) is 53.0. The molecule has 0 rings (SSSR count). The lowest BCUT2D eigenvalue weighted by atomic mass is 10.0. The minimum absolute atomic E-state index is 0.0651. The van der Waals surface area contributed by atoms with Crippen LogP contribution < -0.4 is 5.32 Å². The monoisotopic (exact) mass is 690 g/mol. The normalized spacial score (nSPS) is 13.1. The van der Waals surface area contributed by atoms with E-state index < -0.39 is 12.1 Å². The predicted octanol–water partition coefficient (Wildman–Crippen LogP) is 13.6. The van der Waals surface area contributed by atoms with E-state index in [0.717, 1.165) is 25.7 Å². The summed E-state index contributed by atoms with van der Waals surface area (Å²) in [5.41, 5.74) is 0. The molecule has 0 aromatic rings. The zero-order chi connectivity index (χ0) is 35.7. The molecular weight excluding hydrogens is 602 g/mol. The molecule has 0 saturated heterocycles. The molecule has 49 heavy (non-hydrogen) atoms. The number of aliphatic hydroxyl groups excluding tert-OH is 2. The highest BCUT2D eigenvalue weighted by molar-refractivity contribution is 5.76. The fraction of sp³-hybridized carbons (Fsp3) is 0.889. The second-order valence-corrected chi connectivity index (χ2v) is 15.1. The van der Waals surface area contributed by atoms with E-state index in [2.05, 4.69) is 31.3 Å². The molecule has 290 valence electrons. The first-order valence-electron chi connectivity index (χ1n) is 22.1. The third kappa shape index (κ3) is 37.9. The number of rotatable bonds is 40. The van der Waals surface area contributed by atoms with Crippen molar-refractivity contribution in [1.82, 2.24) is 5.32 Å². The summed E-state index contributed by atoms with van der Waals surface area (Å²) >= 11 is 0. The van der Waals surface area contributed by atoms with Crippen LogP contribution in [0, 0.1) is 0 Å². The summed E-state index contributed by atoms with van der Waals surface area (Å²) < 4.78 is 0. The summed E-state index contributed by atoms with van der Waals surface area (Å²) in [5, 5.41) is 22.9. The maximum Gasteiger partial charge on any atom is 0.220 e. The van der Waals surface area contributed by atoms with Crippen LogP contribution in [-0.2, 0) is 4.79 Å². The van der Waals surface area contributed by atoms with Gasteiger partial charge in [0.05, 0.1) is 18.8 Å². The Morgan fingerprint density at radius 3 is 1.12 bits per heavy atom. The van der Waals surface area contributed by atoms with Crippen LogP contribution in [-0.4, -0.2) is 34.9 Å². The van der Waals surface area contributed by atoms with Crippen LogP contribution in [0.5, 0.6) is 0 Å². The van der Waals surface area contributed by atoms with E-state index >= 15 is 0 Å². The third-order valence-electron chi connectivity index (χ3n) is 10.2. The molecule has 0 spiro atoms. The number of aliphatic hydroxyl groups is 2. The number of allylic oxidation sites excluding steroid dienone is 3. The molecule has 0 aliphatic carbocycles. The third-order valence-corrected chi connectivity index (χ3v) is 10.2. The van der Waals surface area contributed by atoms with Crippen molar-refractivity contribution in [3.05, 3.63) is 24.3 Å². The Bertz CT molecular complexity index is 705. The van der Waals surface area contributed by atoms with Gasteiger partial charge < -0.3 is 15.5 Å². The fourth-order valence-electron chi connectivity index (χ4n) is 6.76. The minimum atomic E-state index is -0.835. The van der Waals surface area contributed by atoms with E-state index in [1.807, 2.05) is 6.08 Å². The second-order valence-electron chi connectivity index (χ2n) is 15.1. The van der Waals surface area contributed by atoms with Crippen LogP contribution in [0.2, 0.25) is 0 Å². The standard InChI is InChI=1S/C45H87NO3/c1-3-5-7-9-11-13-15-16-17-18-19-20-21-22-23-24-25-26-27-28-29-30-31-33-35-37-39-41-45(49)46-43(42-47)44(48)40-38-36-34-32-14-12-10-8-6-4-2/h22-23,38,40,43-44,47-48H,3-21,24-37,39,41-42H2,1-2H3,(H,46,49)/b23-22-,40-38+. The first-order chi connectivity index (χ1) is 24.2. The summed E-state index contributed by atoms with van der Waals surface area (Å²) in [7, 11) is 0. The summed E-state index contributed by atoms with van der Waals surface area (Å²) in [4.78, 5) is 12.3. The Labute approximate surface area is 307 Å². The molecule has 2 atom stereocenters. The summed E-state index contributed by atoms with van der Waals surface area (Å²) in [6.45, 7) is 4.30. The number of hydrogen-bond acceptors (Lipinski definition) is 3. The second kappa shape index (κ2) is 41.3. The molecule has 4 heteroatoms. The van der Waals surface area contributed by atoms with Crippen LogP contribution in [0.1, 0.15) is 239 Å². The fourth-order valence-corrected chi connectivity index (χ4v) is 6.76.